The number of nitrogens with one attached hydrogen (secondary N) is 1. The molecule has 0 amide bonds. The van der Waals surface area contributed by atoms with E-state index in [1.165, 1.54) is 19.2 Å². The van der Waals surface area contributed by atoms with Gasteiger partial charge in [-0.05, 0) is 24.3 Å². The third kappa shape index (κ3) is 3.13. The van der Waals surface area contributed by atoms with Crippen molar-refractivity contribution in [2.75, 3.05) is 18.2 Å². The average Bonchev–Trinajstić information content (AvgIpc) is 2.43. The van der Waals surface area contributed by atoms with Gasteiger partial charge in [0.25, 0.3) is 0 Å². The number of halogens is 3. The first-order chi connectivity index (χ1) is 9.93. The second kappa shape index (κ2) is 6.09. The van der Waals surface area contributed by atoms with Crippen LogP contribution in [0.1, 0.15) is 10.4 Å². The summed E-state index contributed by atoms with van der Waals surface area (Å²) < 4.78 is 32.6. The molecule has 2 aromatic rings. The molecule has 0 bridgehead atoms. The summed E-state index contributed by atoms with van der Waals surface area (Å²) in [5.74, 6) is -2.30. The summed E-state index contributed by atoms with van der Waals surface area (Å²) in [7, 11) is 1.20. The summed E-state index contributed by atoms with van der Waals surface area (Å²) >= 11 is 2.99. The van der Waals surface area contributed by atoms with Crippen molar-refractivity contribution in [2.45, 2.75) is 0 Å². The van der Waals surface area contributed by atoms with E-state index in [1.54, 1.807) is 6.07 Å². The van der Waals surface area contributed by atoms with Crippen LogP contribution < -0.4 is 11.1 Å². The quantitative estimate of drug-likeness (QED) is 0.647. The zero-order chi connectivity index (χ0) is 15.6. The molecular formula is C14H11BrF2N2O2. The fourth-order valence-corrected chi connectivity index (χ4v) is 2.18. The number of methoxy groups -OCH3 is 1. The molecular weight excluding hydrogens is 346 g/mol. The van der Waals surface area contributed by atoms with Crippen molar-refractivity contribution in [1.29, 1.82) is 0 Å². The van der Waals surface area contributed by atoms with Crippen molar-refractivity contribution in [2.24, 2.45) is 0 Å². The highest BCUT2D eigenvalue weighted by atomic mass is 79.9. The summed E-state index contributed by atoms with van der Waals surface area (Å²) in [5, 5.41) is 2.52. The first kappa shape index (κ1) is 15.2. The molecule has 0 aliphatic heterocycles. The minimum absolute atomic E-state index is 0.0826. The molecule has 21 heavy (non-hydrogen) atoms. The van der Waals surface area contributed by atoms with Crippen LogP contribution in [0, 0.1) is 11.6 Å². The summed E-state index contributed by atoms with van der Waals surface area (Å²) in [6.07, 6.45) is 0. The Bertz CT molecular complexity index is 684. The van der Waals surface area contributed by atoms with Gasteiger partial charge in [0, 0.05) is 4.47 Å². The van der Waals surface area contributed by atoms with Gasteiger partial charge in [-0.1, -0.05) is 22.0 Å². The van der Waals surface area contributed by atoms with E-state index in [-0.39, 0.29) is 21.4 Å². The molecule has 0 spiro atoms. The summed E-state index contributed by atoms with van der Waals surface area (Å²) in [4.78, 5) is 11.7. The van der Waals surface area contributed by atoms with Crippen LogP contribution in [0.2, 0.25) is 0 Å². The topological polar surface area (TPSA) is 64.3 Å². The summed E-state index contributed by atoms with van der Waals surface area (Å²) in [6, 6.07) is 6.69. The maximum Gasteiger partial charge on any atom is 0.340 e. The van der Waals surface area contributed by atoms with Gasteiger partial charge in [0.2, 0.25) is 0 Å². The van der Waals surface area contributed by atoms with Gasteiger partial charge in [-0.25, -0.2) is 13.6 Å². The van der Waals surface area contributed by atoms with Gasteiger partial charge in [-0.15, -0.1) is 0 Å². The van der Waals surface area contributed by atoms with Gasteiger partial charge in [-0.3, -0.25) is 0 Å². The van der Waals surface area contributed by atoms with E-state index < -0.39 is 23.3 Å². The van der Waals surface area contributed by atoms with Crippen LogP contribution >= 0.6 is 15.9 Å². The molecule has 0 saturated heterocycles. The Kier molecular flexibility index (Phi) is 4.42. The number of hydrogen-bond donors (Lipinski definition) is 2. The standard InChI is InChI=1S/C14H11BrF2N2O2/c1-21-14(20)8-3-2-4-11(18)12(8)19-13-9(16)5-7(15)6-10(13)17/h2-6,19H,18H2,1H3. The maximum absolute atomic E-state index is 13.9. The minimum atomic E-state index is -0.819. The second-order valence-corrected chi connectivity index (χ2v) is 5.05. The molecule has 2 aromatic carbocycles. The number of rotatable bonds is 3. The Morgan fingerprint density at radius 2 is 1.86 bits per heavy atom. The minimum Gasteiger partial charge on any atom is -0.465 e. The Balaban J connectivity index is 2.52. The lowest BCUT2D eigenvalue weighted by molar-refractivity contribution is 0.0602. The summed E-state index contributed by atoms with van der Waals surface area (Å²) in [5.41, 5.74) is 5.70. The molecule has 0 saturated carbocycles. The molecule has 0 aromatic heterocycles. The molecule has 0 radical (unpaired) electrons. The van der Waals surface area contributed by atoms with Gasteiger partial charge in [-0.2, -0.15) is 0 Å². The molecule has 0 atom stereocenters. The van der Waals surface area contributed by atoms with Crippen molar-refractivity contribution >= 4 is 39.0 Å². The number of para-hydroxylation sites is 1. The Morgan fingerprint density at radius 1 is 1.24 bits per heavy atom. The highest BCUT2D eigenvalue weighted by molar-refractivity contribution is 9.10. The average molecular weight is 357 g/mol. The highest BCUT2D eigenvalue weighted by Gasteiger charge is 2.18. The van der Waals surface area contributed by atoms with Crippen molar-refractivity contribution in [3.8, 4) is 0 Å². The predicted molar refractivity (Wildman–Crippen MR) is 79.5 cm³/mol. The van der Waals surface area contributed by atoms with E-state index in [4.69, 9.17) is 5.73 Å². The second-order valence-electron chi connectivity index (χ2n) is 4.13. The Labute approximate surface area is 128 Å². The molecule has 0 unspecified atom stereocenters. The summed E-state index contributed by atoms with van der Waals surface area (Å²) in [6.45, 7) is 0. The van der Waals surface area contributed by atoms with Crippen molar-refractivity contribution in [3.63, 3.8) is 0 Å². The number of anilines is 3. The van der Waals surface area contributed by atoms with Gasteiger partial charge < -0.3 is 15.8 Å². The van der Waals surface area contributed by atoms with E-state index in [9.17, 15) is 13.6 Å². The van der Waals surface area contributed by atoms with E-state index in [2.05, 4.69) is 26.0 Å². The molecule has 0 aliphatic rings. The number of ether oxygens (including phenoxy) is 1. The molecule has 4 nitrogen and oxygen atoms in total. The first-order valence-corrected chi connectivity index (χ1v) is 6.61. The van der Waals surface area contributed by atoms with Gasteiger partial charge in [0.1, 0.15) is 5.69 Å². The van der Waals surface area contributed by atoms with E-state index in [0.717, 1.165) is 12.1 Å². The molecule has 0 fully saturated rings. The van der Waals surface area contributed by atoms with Crippen LogP contribution in [0.3, 0.4) is 0 Å². The van der Waals surface area contributed by atoms with E-state index >= 15 is 0 Å². The molecule has 0 heterocycles. The first-order valence-electron chi connectivity index (χ1n) is 5.82. The van der Waals surface area contributed by atoms with Crippen LogP contribution in [0.25, 0.3) is 0 Å². The van der Waals surface area contributed by atoms with Crippen LogP contribution in [0.5, 0.6) is 0 Å². The molecule has 3 N–H and O–H groups in total. The van der Waals surface area contributed by atoms with Gasteiger partial charge in [0.05, 0.1) is 24.0 Å². The lowest BCUT2D eigenvalue weighted by atomic mass is 10.1. The number of nitrogen functional groups attached to an aromatic ring is 1. The molecule has 110 valence electrons. The lowest BCUT2D eigenvalue weighted by Gasteiger charge is -2.14. The maximum atomic E-state index is 13.9. The smallest absolute Gasteiger partial charge is 0.340 e. The van der Waals surface area contributed by atoms with Crippen LogP contribution in [0.4, 0.5) is 25.8 Å². The fourth-order valence-electron chi connectivity index (χ4n) is 1.78. The predicted octanol–water partition coefficient (Wildman–Crippen LogP) is 3.84. The van der Waals surface area contributed by atoms with Crippen LogP contribution in [-0.2, 0) is 4.74 Å². The number of benzene rings is 2. The number of carbonyl (C=O) groups is 1. The van der Waals surface area contributed by atoms with Gasteiger partial charge >= 0.3 is 5.97 Å². The third-order valence-electron chi connectivity index (χ3n) is 2.76. The zero-order valence-corrected chi connectivity index (χ0v) is 12.5. The molecule has 0 aliphatic carbocycles. The van der Waals surface area contributed by atoms with Crippen LogP contribution in [-0.4, -0.2) is 13.1 Å². The Morgan fingerprint density at radius 3 is 2.43 bits per heavy atom. The van der Waals surface area contributed by atoms with Gasteiger partial charge in [0.15, 0.2) is 11.6 Å². The number of nitrogens with two attached hydrogens (primary N) is 1. The Hall–Kier alpha value is -2.15. The van der Waals surface area contributed by atoms with Crippen molar-refractivity contribution in [3.05, 3.63) is 52.0 Å². The van der Waals surface area contributed by atoms with Crippen molar-refractivity contribution in [1.82, 2.24) is 0 Å². The normalized spacial score (nSPS) is 10.3. The number of esters is 1. The third-order valence-corrected chi connectivity index (χ3v) is 3.22. The van der Waals surface area contributed by atoms with E-state index in [1.807, 2.05) is 0 Å². The lowest BCUT2D eigenvalue weighted by Crippen LogP contribution is -2.09. The molecule has 7 heteroatoms. The fraction of sp³-hybridized carbons (Fsp3) is 0.0714. The monoisotopic (exact) mass is 356 g/mol. The highest BCUT2D eigenvalue weighted by Crippen LogP contribution is 2.32. The van der Waals surface area contributed by atoms with Crippen molar-refractivity contribution < 1.29 is 18.3 Å². The number of hydrogen-bond acceptors (Lipinski definition) is 4. The number of carbonyl (C=O) groups excluding carboxylic acids is 1. The largest absolute Gasteiger partial charge is 0.465 e. The van der Waals surface area contributed by atoms with E-state index in [0.29, 0.717) is 0 Å². The SMILES string of the molecule is COC(=O)c1cccc(N)c1Nc1c(F)cc(Br)cc1F. The molecule has 2 rings (SSSR count). The van der Waals surface area contributed by atoms with Crippen LogP contribution in [0.15, 0.2) is 34.8 Å². The zero-order valence-electron chi connectivity index (χ0n) is 10.9.